The van der Waals surface area contributed by atoms with Crippen LogP contribution in [0.3, 0.4) is 0 Å². The van der Waals surface area contributed by atoms with Crippen LogP contribution in [0.25, 0.3) is 0 Å². The molecule has 2 aliphatic heterocycles. The number of aromatic nitrogens is 4. The first-order valence-electron chi connectivity index (χ1n) is 10.1. The molecule has 1 saturated heterocycles. The quantitative estimate of drug-likeness (QED) is 0.678. The van der Waals surface area contributed by atoms with Crippen LogP contribution in [-0.2, 0) is 17.7 Å². The second-order valence-electron chi connectivity index (χ2n) is 8.65. The third-order valence-electron chi connectivity index (χ3n) is 5.25. The van der Waals surface area contributed by atoms with Crippen molar-refractivity contribution in [2.75, 3.05) is 24.5 Å². The number of hydrogen-bond acceptors (Lipinski definition) is 6. The van der Waals surface area contributed by atoms with Crippen LogP contribution in [0.1, 0.15) is 50.9 Å². The van der Waals surface area contributed by atoms with Crippen LogP contribution in [0.2, 0.25) is 0 Å². The van der Waals surface area contributed by atoms with Gasteiger partial charge in [-0.15, -0.1) is 0 Å². The standard InChI is InChI=1S/C20H27BrN6O2/c1-20(2,3)29-19(28)26-9-6-17-14(12-26)13-27(24-17)16-4-7-25(8-5-16)18-22-10-15(21)11-23-18/h10-11,13,16H,4-9,12H2,1-3H3. The lowest BCUT2D eigenvalue weighted by atomic mass is 10.1. The highest BCUT2D eigenvalue weighted by molar-refractivity contribution is 9.10. The van der Waals surface area contributed by atoms with Gasteiger partial charge in [-0.25, -0.2) is 14.8 Å². The minimum atomic E-state index is -0.478. The zero-order valence-electron chi connectivity index (χ0n) is 17.1. The molecule has 1 fully saturated rings. The summed E-state index contributed by atoms with van der Waals surface area (Å²) in [7, 11) is 0. The SMILES string of the molecule is CC(C)(C)OC(=O)N1CCc2nn(C3CCN(c4ncc(Br)cn4)CC3)cc2C1. The largest absolute Gasteiger partial charge is 0.444 e. The second kappa shape index (κ2) is 7.93. The number of ether oxygens (including phenoxy) is 1. The molecule has 4 rings (SSSR count). The first kappa shape index (κ1) is 20.1. The smallest absolute Gasteiger partial charge is 0.410 e. The number of nitrogens with zero attached hydrogens (tertiary/aromatic N) is 6. The van der Waals surface area contributed by atoms with Gasteiger partial charge in [0.05, 0.1) is 22.8 Å². The summed E-state index contributed by atoms with van der Waals surface area (Å²) in [5.41, 5.74) is 1.75. The molecule has 0 atom stereocenters. The molecule has 9 heteroatoms. The molecule has 2 aromatic heterocycles. The minimum Gasteiger partial charge on any atom is -0.444 e. The van der Waals surface area contributed by atoms with Gasteiger partial charge in [-0.3, -0.25) is 4.68 Å². The maximum Gasteiger partial charge on any atom is 0.410 e. The van der Waals surface area contributed by atoms with Crippen molar-refractivity contribution in [3.63, 3.8) is 0 Å². The maximum atomic E-state index is 12.4. The van der Waals surface area contributed by atoms with E-state index in [1.54, 1.807) is 17.3 Å². The van der Waals surface area contributed by atoms with Gasteiger partial charge in [-0.1, -0.05) is 0 Å². The Kier molecular flexibility index (Phi) is 5.50. The van der Waals surface area contributed by atoms with E-state index in [2.05, 4.69) is 41.7 Å². The van der Waals surface area contributed by atoms with Crippen molar-refractivity contribution in [2.24, 2.45) is 0 Å². The summed E-state index contributed by atoms with van der Waals surface area (Å²) < 4.78 is 8.50. The molecule has 0 aromatic carbocycles. The van der Waals surface area contributed by atoms with E-state index in [1.165, 1.54) is 0 Å². The Labute approximate surface area is 179 Å². The van der Waals surface area contributed by atoms with E-state index in [9.17, 15) is 4.79 Å². The summed E-state index contributed by atoms with van der Waals surface area (Å²) in [5, 5.41) is 4.83. The number of rotatable bonds is 2. The summed E-state index contributed by atoms with van der Waals surface area (Å²) in [4.78, 5) is 25.2. The Morgan fingerprint density at radius 2 is 1.86 bits per heavy atom. The number of halogens is 1. The van der Waals surface area contributed by atoms with Crippen LogP contribution in [0.15, 0.2) is 23.1 Å². The normalized spacial score (nSPS) is 17.9. The molecule has 4 heterocycles. The van der Waals surface area contributed by atoms with Gasteiger partial charge in [0, 0.05) is 50.2 Å². The number of piperidine rings is 1. The summed E-state index contributed by atoms with van der Waals surface area (Å²) in [6.07, 6.45) is 8.19. The predicted molar refractivity (Wildman–Crippen MR) is 113 cm³/mol. The molecular weight excluding hydrogens is 436 g/mol. The predicted octanol–water partition coefficient (Wildman–Crippen LogP) is 3.57. The van der Waals surface area contributed by atoms with Gasteiger partial charge in [0.15, 0.2) is 0 Å². The first-order chi connectivity index (χ1) is 13.8. The molecule has 2 aromatic rings. The van der Waals surface area contributed by atoms with Gasteiger partial charge in [0.1, 0.15) is 5.60 Å². The fourth-order valence-electron chi connectivity index (χ4n) is 3.80. The third-order valence-corrected chi connectivity index (χ3v) is 5.66. The number of hydrogen-bond donors (Lipinski definition) is 0. The number of carbonyl (C=O) groups excluding carboxylic acids is 1. The molecule has 2 aliphatic rings. The lowest BCUT2D eigenvalue weighted by molar-refractivity contribution is 0.0223. The van der Waals surface area contributed by atoms with E-state index < -0.39 is 5.60 Å². The summed E-state index contributed by atoms with van der Waals surface area (Å²) in [6.45, 7) is 8.70. The van der Waals surface area contributed by atoms with Crippen molar-refractivity contribution < 1.29 is 9.53 Å². The molecule has 0 saturated carbocycles. The van der Waals surface area contributed by atoms with Gasteiger partial charge in [-0.05, 0) is 49.5 Å². The topological polar surface area (TPSA) is 76.4 Å². The fraction of sp³-hybridized carbons (Fsp3) is 0.600. The van der Waals surface area contributed by atoms with Crippen molar-refractivity contribution in [1.29, 1.82) is 0 Å². The Morgan fingerprint density at radius 3 is 2.52 bits per heavy atom. The maximum absolute atomic E-state index is 12.4. The van der Waals surface area contributed by atoms with Gasteiger partial charge >= 0.3 is 6.09 Å². The number of fused-ring (bicyclic) bond motifs is 1. The first-order valence-corrected chi connectivity index (χ1v) is 10.8. The monoisotopic (exact) mass is 462 g/mol. The molecule has 0 aliphatic carbocycles. The molecule has 0 N–H and O–H groups in total. The highest BCUT2D eigenvalue weighted by Gasteiger charge is 2.29. The molecule has 156 valence electrons. The van der Waals surface area contributed by atoms with Gasteiger partial charge < -0.3 is 14.5 Å². The van der Waals surface area contributed by atoms with Crippen LogP contribution in [0, 0.1) is 0 Å². The molecule has 0 unspecified atom stereocenters. The third kappa shape index (κ3) is 4.71. The van der Waals surface area contributed by atoms with Crippen LogP contribution in [0.4, 0.5) is 10.7 Å². The number of carbonyl (C=O) groups is 1. The lowest BCUT2D eigenvalue weighted by Crippen LogP contribution is -2.39. The van der Waals surface area contributed by atoms with Gasteiger partial charge in [-0.2, -0.15) is 5.10 Å². The van der Waals surface area contributed by atoms with E-state index in [0.717, 1.165) is 54.0 Å². The molecular formula is C20H27BrN6O2. The second-order valence-corrected chi connectivity index (χ2v) is 9.57. The van der Waals surface area contributed by atoms with Crippen molar-refractivity contribution in [2.45, 2.75) is 58.2 Å². The van der Waals surface area contributed by atoms with Crippen LogP contribution in [-0.4, -0.2) is 56.0 Å². The van der Waals surface area contributed by atoms with Crippen molar-refractivity contribution >= 4 is 28.0 Å². The average Bonchev–Trinajstić information content (AvgIpc) is 3.11. The fourth-order valence-corrected chi connectivity index (χ4v) is 4.01. The highest BCUT2D eigenvalue weighted by atomic mass is 79.9. The lowest BCUT2D eigenvalue weighted by Gasteiger charge is -2.32. The minimum absolute atomic E-state index is 0.251. The molecule has 8 nitrogen and oxygen atoms in total. The van der Waals surface area contributed by atoms with E-state index in [0.29, 0.717) is 19.1 Å². The van der Waals surface area contributed by atoms with Gasteiger partial charge in [0.25, 0.3) is 0 Å². The Morgan fingerprint density at radius 1 is 1.17 bits per heavy atom. The van der Waals surface area contributed by atoms with E-state index in [-0.39, 0.29) is 6.09 Å². The van der Waals surface area contributed by atoms with Crippen molar-refractivity contribution in [1.82, 2.24) is 24.6 Å². The van der Waals surface area contributed by atoms with E-state index in [1.807, 2.05) is 20.8 Å². The molecule has 1 amide bonds. The number of anilines is 1. The Bertz CT molecular complexity index is 868. The van der Waals surface area contributed by atoms with Crippen LogP contribution >= 0.6 is 15.9 Å². The van der Waals surface area contributed by atoms with E-state index >= 15 is 0 Å². The molecule has 0 radical (unpaired) electrons. The molecule has 0 bridgehead atoms. The summed E-state index contributed by atoms with van der Waals surface area (Å²) in [5.74, 6) is 0.777. The molecule has 0 spiro atoms. The number of amides is 1. The van der Waals surface area contributed by atoms with Gasteiger partial charge in [0.2, 0.25) is 5.95 Å². The average molecular weight is 463 g/mol. The van der Waals surface area contributed by atoms with Crippen LogP contribution in [0.5, 0.6) is 0 Å². The zero-order valence-corrected chi connectivity index (χ0v) is 18.7. The van der Waals surface area contributed by atoms with E-state index in [4.69, 9.17) is 9.84 Å². The van der Waals surface area contributed by atoms with Crippen LogP contribution < -0.4 is 4.90 Å². The Balaban J connectivity index is 1.37. The highest BCUT2D eigenvalue weighted by Crippen LogP contribution is 2.27. The molecule has 29 heavy (non-hydrogen) atoms. The summed E-state index contributed by atoms with van der Waals surface area (Å²) in [6, 6.07) is 0.363. The van der Waals surface area contributed by atoms with Crippen molar-refractivity contribution in [3.8, 4) is 0 Å². The summed E-state index contributed by atoms with van der Waals surface area (Å²) >= 11 is 3.38. The zero-order chi connectivity index (χ0) is 20.6. The van der Waals surface area contributed by atoms with Crippen molar-refractivity contribution in [3.05, 3.63) is 34.3 Å². The Hall–Kier alpha value is -2.16.